The third-order valence-corrected chi connectivity index (χ3v) is 3.87. The maximum Gasteiger partial charge on any atom is 0.307 e. The van der Waals surface area contributed by atoms with Crippen molar-refractivity contribution in [3.63, 3.8) is 0 Å². The molecule has 0 fully saturated rings. The van der Waals surface area contributed by atoms with E-state index in [1.54, 1.807) is 6.20 Å². The Balaban J connectivity index is 2.19. The van der Waals surface area contributed by atoms with Crippen molar-refractivity contribution in [2.24, 2.45) is 0 Å². The molecule has 3 aromatic rings. The lowest BCUT2D eigenvalue weighted by atomic mass is 9.98. The third kappa shape index (κ3) is 3.01. The Morgan fingerprint density at radius 2 is 1.87 bits per heavy atom. The molecule has 0 bridgehead atoms. The maximum atomic E-state index is 11.1. The van der Waals surface area contributed by atoms with Crippen LogP contribution in [0.25, 0.3) is 22.0 Å². The van der Waals surface area contributed by atoms with Gasteiger partial charge in [-0.25, -0.2) is 0 Å². The minimum Gasteiger partial charge on any atom is -0.481 e. The van der Waals surface area contributed by atoms with E-state index in [1.165, 1.54) is 0 Å². The van der Waals surface area contributed by atoms with Crippen LogP contribution in [0.1, 0.15) is 5.56 Å². The van der Waals surface area contributed by atoms with Crippen molar-refractivity contribution in [2.45, 2.75) is 6.42 Å². The summed E-state index contributed by atoms with van der Waals surface area (Å²) in [5.74, 6) is -0.828. The van der Waals surface area contributed by atoms with Gasteiger partial charge in [0, 0.05) is 36.9 Å². The number of carboxylic acid groups (broad SMARTS) is 1. The quantitative estimate of drug-likeness (QED) is 0.800. The van der Waals surface area contributed by atoms with Gasteiger partial charge in [0.05, 0.1) is 12.1 Å². The van der Waals surface area contributed by atoms with E-state index in [1.807, 2.05) is 61.5 Å². The first-order chi connectivity index (χ1) is 11.1. The molecule has 0 aliphatic carbocycles. The Kier molecular flexibility index (Phi) is 3.98. The standard InChI is InChI=1S/C19H18N2O2/c1-21(2)15-7-3-6-14(11-15)19-17-8-4-5-13(12-18(22)23)16(17)9-10-20-19/h3-11H,12H2,1-2H3,(H,22,23). The first-order valence-electron chi connectivity index (χ1n) is 7.42. The van der Waals surface area contributed by atoms with Crippen LogP contribution >= 0.6 is 0 Å². The van der Waals surface area contributed by atoms with Gasteiger partial charge in [-0.3, -0.25) is 9.78 Å². The predicted molar refractivity (Wildman–Crippen MR) is 92.8 cm³/mol. The molecule has 23 heavy (non-hydrogen) atoms. The van der Waals surface area contributed by atoms with Crippen LogP contribution in [0.5, 0.6) is 0 Å². The fourth-order valence-corrected chi connectivity index (χ4v) is 2.75. The van der Waals surface area contributed by atoms with Crippen LogP contribution in [0, 0.1) is 0 Å². The summed E-state index contributed by atoms with van der Waals surface area (Å²) >= 11 is 0. The molecule has 2 aromatic carbocycles. The molecule has 0 radical (unpaired) electrons. The van der Waals surface area contributed by atoms with Crippen LogP contribution in [0.3, 0.4) is 0 Å². The molecule has 0 amide bonds. The number of nitrogens with zero attached hydrogens (tertiary/aromatic N) is 2. The van der Waals surface area contributed by atoms with E-state index in [0.717, 1.165) is 33.3 Å². The van der Waals surface area contributed by atoms with E-state index in [-0.39, 0.29) is 6.42 Å². The molecule has 116 valence electrons. The summed E-state index contributed by atoms with van der Waals surface area (Å²) in [5.41, 5.74) is 3.80. The molecule has 4 nitrogen and oxygen atoms in total. The molecular formula is C19H18N2O2. The van der Waals surface area contributed by atoms with Crippen molar-refractivity contribution in [3.8, 4) is 11.3 Å². The van der Waals surface area contributed by atoms with Gasteiger partial charge in [-0.2, -0.15) is 0 Å². The van der Waals surface area contributed by atoms with Gasteiger partial charge in [0.1, 0.15) is 0 Å². The minimum atomic E-state index is -0.828. The molecule has 1 aromatic heterocycles. The van der Waals surface area contributed by atoms with E-state index in [0.29, 0.717) is 0 Å². The average Bonchev–Trinajstić information content (AvgIpc) is 2.54. The number of aromatic nitrogens is 1. The molecule has 3 rings (SSSR count). The molecule has 4 heteroatoms. The summed E-state index contributed by atoms with van der Waals surface area (Å²) in [4.78, 5) is 17.6. The highest BCUT2D eigenvalue weighted by Crippen LogP contribution is 2.30. The molecule has 0 spiro atoms. The Morgan fingerprint density at radius 1 is 1.09 bits per heavy atom. The van der Waals surface area contributed by atoms with Crippen LogP contribution in [0.4, 0.5) is 5.69 Å². The van der Waals surface area contributed by atoms with Crippen molar-refractivity contribution < 1.29 is 9.90 Å². The summed E-state index contributed by atoms with van der Waals surface area (Å²) in [6.45, 7) is 0. The first-order valence-corrected chi connectivity index (χ1v) is 7.42. The van der Waals surface area contributed by atoms with Gasteiger partial charge < -0.3 is 10.0 Å². The number of carbonyl (C=O) groups is 1. The summed E-state index contributed by atoms with van der Waals surface area (Å²) in [6.07, 6.45) is 1.75. The molecule has 1 N–H and O–H groups in total. The van der Waals surface area contributed by atoms with E-state index >= 15 is 0 Å². The molecule has 0 atom stereocenters. The van der Waals surface area contributed by atoms with Gasteiger partial charge in [0.25, 0.3) is 0 Å². The van der Waals surface area contributed by atoms with Gasteiger partial charge in [-0.15, -0.1) is 0 Å². The zero-order valence-corrected chi connectivity index (χ0v) is 13.2. The van der Waals surface area contributed by atoms with E-state index in [4.69, 9.17) is 5.11 Å². The second kappa shape index (κ2) is 6.08. The molecule has 1 heterocycles. The largest absolute Gasteiger partial charge is 0.481 e. The SMILES string of the molecule is CN(C)c1cccc(-c2nccc3c(CC(=O)O)cccc23)c1. The minimum absolute atomic E-state index is 0.0124. The monoisotopic (exact) mass is 306 g/mol. The van der Waals surface area contributed by atoms with Crippen LogP contribution in [-0.4, -0.2) is 30.2 Å². The Labute approximate surface area is 135 Å². The van der Waals surface area contributed by atoms with Crippen molar-refractivity contribution in [1.29, 1.82) is 0 Å². The zero-order valence-electron chi connectivity index (χ0n) is 13.2. The zero-order chi connectivity index (χ0) is 16.4. The van der Waals surface area contributed by atoms with Crippen molar-refractivity contribution in [1.82, 2.24) is 4.98 Å². The lowest BCUT2D eigenvalue weighted by molar-refractivity contribution is -0.136. The summed E-state index contributed by atoms with van der Waals surface area (Å²) in [5, 5.41) is 11.0. The summed E-state index contributed by atoms with van der Waals surface area (Å²) < 4.78 is 0. The molecular weight excluding hydrogens is 288 g/mol. The van der Waals surface area contributed by atoms with Gasteiger partial charge in [-0.1, -0.05) is 30.3 Å². The van der Waals surface area contributed by atoms with E-state index in [9.17, 15) is 4.79 Å². The smallest absolute Gasteiger partial charge is 0.307 e. The lowest BCUT2D eigenvalue weighted by Crippen LogP contribution is -2.08. The fraction of sp³-hybridized carbons (Fsp3) is 0.158. The number of hydrogen-bond acceptors (Lipinski definition) is 3. The summed E-state index contributed by atoms with van der Waals surface area (Å²) in [6, 6.07) is 15.8. The van der Waals surface area contributed by atoms with Crippen LogP contribution in [0.15, 0.2) is 54.7 Å². The molecule has 0 aliphatic heterocycles. The van der Waals surface area contributed by atoms with Gasteiger partial charge >= 0.3 is 5.97 Å². The highest BCUT2D eigenvalue weighted by molar-refractivity contribution is 5.97. The van der Waals surface area contributed by atoms with Gasteiger partial charge in [0.15, 0.2) is 0 Å². The highest BCUT2D eigenvalue weighted by atomic mass is 16.4. The van der Waals surface area contributed by atoms with Crippen molar-refractivity contribution in [3.05, 3.63) is 60.3 Å². The molecule has 0 aliphatic rings. The topological polar surface area (TPSA) is 53.4 Å². The normalized spacial score (nSPS) is 10.7. The number of carboxylic acids is 1. The maximum absolute atomic E-state index is 11.1. The van der Waals surface area contributed by atoms with Crippen LogP contribution in [-0.2, 0) is 11.2 Å². The van der Waals surface area contributed by atoms with Crippen molar-refractivity contribution in [2.75, 3.05) is 19.0 Å². The fourth-order valence-electron chi connectivity index (χ4n) is 2.75. The second-order valence-electron chi connectivity index (χ2n) is 5.69. The first kappa shape index (κ1) is 15.0. The number of aliphatic carboxylic acids is 1. The summed E-state index contributed by atoms with van der Waals surface area (Å²) in [7, 11) is 4.00. The number of rotatable bonds is 4. The highest BCUT2D eigenvalue weighted by Gasteiger charge is 2.10. The number of pyridine rings is 1. The Morgan fingerprint density at radius 3 is 2.61 bits per heavy atom. The van der Waals surface area contributed by atoms with E-state index < -0.39 is 5.97 Å². The molecule has 0 saturated carbocycles. The van der Waals surface area contributed by atoms with Gasteiger partial charge in [0.2, 0.25) is 0 Å². The molecule has 0 saturated heterocycles. The van der Waals surface area contributed by atoms with E-state index in [2.05, 4.69) is 11.1 Å². The number of anilines is 1. The lowest BCUT2D eigenvalue weighted by Gasteiger charge is -2.14. The third-order valence-electron chi connectivity index (χ3n) is 3.87. The molecule has 0 unspecified atom stereocenters. The number of fused-ring (bicyclic) bond motifs is 1. The van der Waals surface area contributed by atoms with Crippen LogP contribution < -0.4 is 4.90 Å². The van der Waals surface area contributed by atoms with Crippen LogP contribution in [0.2, 0.25) is 0 Å². The average molecular weight is 306 g/mol. The number of hydrogen-bond donors (Lipinski definition) is 1. The van der Waals surface area contributed by atoms with Crippen molar-refractivity contribution >= 4 is 22.4 Å². The Hall–Kier alpha value is -2.88. The second-order valence-corrected chi connectivity index (χ2v) is 5.69. The van der Waals surface area contributed by atoms with Gasteiger partial charge in [-0.05, 0) is 29.1 Å². The number of benzene rings is 2. The Bertz CT molecular complexity index is 872. The predicted octanol–water partition coefficient (Wildman–Crippen LogP) is 3.59.